The standard InChI is InChI=1S/C37H43N7O9S2/c1-20(45)40-26-15-43(19-39-31(26)38)14-23-17-55-33-25(32(47)44(33)30(23)34(48)51-16-22-9-11-24(50-8)12-10-22)13-28(46)29(27-18-54-21(2)41-27)42-53-37(6,7)35(49)52-36(3,4)5/h9-12,15,18-19,25,33,38H,13-14,16-17H2,1-8H3,(H,40,45)/p+1/b42-29-/t25-,33?/m1/s1. The number of esters is 2. The van der Waals surface area contributed by atoms with Crippen molar-refractivity contribution in [2.75, 3.05) is 23.9 Å². The zero-order valence-corrected chi connectivity index (χ0v) is 33.5. The van der Waals surface area contributed by atoms with Gasteiger partial charge in [0.15, 0.2) is 17.2 Å². The molecular formula is C37H44N7O9S2+. The van der Waals surface area contributed by atoms with E-state index < -0.39 is 46.1 Å². The van der Waals surface area contributed by atoms with Crippen LogP contribution < -0.4 is 20.4 Å². The van der Waals surface area contributed by atoms with Crippen molar-refractivity contribution in [3.63, 3.8) is 0 Å². The van der Waals surface area contributed by atoms with E-state index in [1.807, 2.05) is 0 Å². The Balaban J connectivity index is 1.41. The highest BCUT2D eigenvalue weighted by Crippen LogP contribution is 2.45. The predicted octanol–water partition coefficient (Wildman–Crippen LogP) is 3.71. The molecule has 0 spiro atoms. The minimum Gasteiger partial charge on any atom is -0.497 e. The molecule has 1 aromatic carbocycles. The van der Waals surface area contributed by atoms with E-state index in [-0.39, 0.29) is 54.1 Å². The number of nitrogens with one attached hydrogen (secondary N) is 1. The Kier molecular flexibility index (Phi) is 12.3. The van der Waals surface area contributed by atoms with Crippen LogP contribution in [0.1, 0.15) is 64.2 Å². The molecule has 4 heterocycles. The minimum absolute atomic E-state index is 0.0582. The van der Waals surface area contributed by atoms with Gasteiger partial charge in [0.1, 0.15) is 42.1 Å². The number of aromatic nitrogens is 3. The second-order valence-electron chi connectivity index (χ2n) is 14.3. The third-order valence-corrected chi connectivity index (χ3v) is 10.4. The number of methoxy groups -OCH3 is 1. The summed E-state index contributed by atoms with van der Waals surface area (Å²) < 4.78 is 18.1. The van der Waals surface area contributed by atoms with E-state index in [2.05, 4.69) is 20.4 Å². The van der Waals surface area contributed by atoms with E-state index >= 15 is 0 Å². The molecule has 3 aromatic rings. The summed E-state index contributed by atoms with van der Waals surface area (Å²) in [4.78, 5) is 82.0. The number of nitrogens with zero attached hydrogens (tertiary/aromatic N) is 5. The van der Waals surface area contributed by atoms with Crippen LogP contribution in [0.3, 0.4) is 0 Å². The number of ether oxygens (including phenoxy) is 3. The number of hydrogen-bond acceptors (Lipinski definition) is 15. The number of amides is 2. The van der Waals surface area contributed by atoms with Crippen LogP contribution in [0.25, 0.3) is 0 Å². The molecule has 292 valence electrons. The number of hydrogen-bond donors (Lipinski definition) is 2. The Morgan fingerprint density at radius 2 is 1.84 bits per heavy atom. The number of aryl methyl sites for hydroxylation is 1. The lowest BCUT2D eigenvalue weighted by Gasteiger charge is -2.49. The maximum atomic E-state index is 14.0. The summed E-state index contributed by atoms with van der Waals surface area (Å²) in [5.74, 6) is -2.49. The number of carbonyl (C=O) groups is 5. The van der Waals surface area contributed by atoms with Crippen LogP contribution >= 0.6 is 23.1 Å². The number of thioether (sulfide) groups is 1. The number of nitrogen functional groups attached to an aromatic ring is 1. The highest BCUT2D eigenvalue weighted by Gasteiger charge is 2.54. The minimum atomic E-state index is -1.55. The summed E-state index contributed by atoms with van der Waals surface area (Å²) in [6.45, 7) is 11.3. The first-order chi connectivity index (χ1) is 25.9. The lowest BCUT2D eigenvalue weighted by atomic mass is 9.89. The molecule has 2 atom stereocenters. The molecule has 0 bridgehead atoms. The molecule has 0 aliphatic carbocycles. The number of Topliss-reactive ketones (excluding diaryl/α,β-unsaturated/α-hetero) is 1. The van der Waals surface area contributed by atoms with E-state index in [0.29, 0.717) is 27.6 Å². The normalized spacial score (nSPS) is 17.2. The van der Waals surface area contributed by atoms with Crippen LogP contribution in [-0.2, 0) is 51.4 Å². The molecule has 2 amide bonds. The van der Waals surface area contributed by atoms with Crippen LogP contribution in [0.5, 0.6) is 5.75 Å². The molecule has 2 aromatic heterocycles. The summed E-state index contributed by atoms with van der Waals surface area (Å²) >= 11 is 2.69. The number of oxime groups is 1. The second kappa shape index (κ2) is 16.6. The Bertz CT molecular complexity index is 2060. The maximum Gasteiger partial charge on any atom is 0.355 e. The number of thiazole rings is 1. The number of ketones is 1. The molecule has 2 aliphatic rings. The first kappa shape index (κ1) is 40.8. The van der Waals surface area contributed by atoms with E-state index in [4.69, 9.17) is 24.8 Å². The van der Waals surface area contributed by atoms with Crippen molar-refractivity contribution in [1.29, 1.82) is 0 Å². The lowest BCUT2D eigenvalue weighted by Crippen LogP contribution is -2.62. The SMILES string of the molecule is COc1ccc(COC(=O)C2=C(C[n+]3cnc(N)c(NC(C)=O)c3)CSC3[C@H](CC(=O)/C(=N\OC(C)(C)C(=O)OC(C)(C)C)c4csc(C)n4)C(=O)N23)cc1. The first-order valence-electron chi connectivity index (χ1n) is 17.2. The van der Waals surface area contributed by atoms with Gasteiger partial charge in [0.2, 0.25) is 17.4 Å². The van der Waals surface area contributed by atoms with Crippen LogP contribution in [0.4, 0.5) is 11.5 Å². The quantitative estimate of drug-likeness (QED) is 0.0786. The van der Waals surface area contributed by atoms with Gasteiger partial charge in [-0.25, -0.2) is 19.1 Å². The first-order valence-corrected chi connectivity index (χ1v) is 19.1. The summed E-state index contributed by atoms with van der Waals surface area (Å²) in [6, 6.07) is 7.01. The molecule has 1 unspecified atom stereocenters. The van der Waals surface area contributed by atoms with Crippen molar-refractivity contribution in [3.05, 3.63) is 69.7 Å². The number of β-lactam (4-membered cyclic amide) rings is 1. The van der Waals surface area contributed by atoms with Crippen molar-refractivity contribution >= 4 is 69.9 Å². The number of anilines is 2. The molecular weight excluding hydrogens is 751 g/mol. The van der Waals surface area contributed by atoms with Gasteiger partial charge >= 0.3 is 11.9 Å². The molecule has 0 saturated carbocycles. The Hall–Kier alpha value is -5.36. The Labute approximate surface area is 326 Å². The monoisotopic (exact) mass is 794 g/mol. The van der Waals surface area contributed by atoms with E-state index in [1.54, 1.807) is 75.2 Å². The van der Waals surface area contributed by atoms with Gasteiger partial charge in [0.25, 0.3) is 12.1 Å². The molecule has 2 aliphatic heterocycles. The smallest absolute Gasteiger partial charge is 0.355 e. The van der Waals surface area contributed by atoms with Gasteiger partial charge in [0, 0.05) is 30.1 Å². The van der Waals surface area contributed by atoms with Crippen molar-refractivity contribution in [2.24, 2.45) is 11.1 Å². The highest BCUT2D eigenvalue weighted by molar-refractivity contribution is 8.00. The van der Waals surface area contributed by atoms with Gasteiger partial charge in [-0.2, -0.15) is 0 Å². The van der Waals surface area contributed by atoms with Crippen molar-refractivity contribution in [3.8, 4) is 5.75 Å². The van der Waals surface area contributed by atoms with Gasteiger partial charge in [-0.3, -0.25) is 19.3 Å². The zero-order chi connectivity index (χ0) is 40.2. The van der Waals surface area contributed by atoms with Crippen LogP contribution in [0.15, 0.2) is 58.6 Å². The molecule has 1 fully saturated rings. The van der Waals surface area contributed by atoms with Crippen molar-refractivity contribution < 1.29 is 47.6 Å². The van der Waals surface area contributed by atoms with Gasteiger partial charge in [-0.1, -0.05) is 17.3 Å². The molecule has 1 saturated heterocycles. The van der Waals surface area contributed by atoms with Gasteiger partial charge in [-0.15, -0.1) is 23.1 Å². The van der Waals surface area contributed by atoms with E-state index in [9.17, 15) is 24.0 Å². The molecule has 0 radical (unpaired) electrons. The molecule has 5 rings (SSSR count). The predicted molar refractivity (Wildman–Crippen MR) is 204 cm³/mol. The third-order valence-electron chi connectivity index (χ3n) is 8.27. The summed E-state index contributed by atoms with van der Waals surface area (Å²) in [5.41, 5.74) is 5.33. The fraction of sp³-hybridized carbons (Fsp3) is 0.432. The average Bonchev–Trinajstić information content (AvgIpc) is 3.55. The van der Waals surface area contributed by atoms with Gasteiger partial charge < -0.3 is 30.1 Å². The third kappa shape index (κ3) is 9.85. The topological polar surface area (TPSA) is 206 Å². The molecule has 16 nitrogen and oxygen atoms in total. The van der Waals surface area contributed by atoms with Crippen LogP contribution in [0, 0.1) is 12.8 Å². The second-order valence-corrected chi connectivity index (χ2v) is 16.5. The largest absolute Gasteiger partial charge is 0.497 e. The number of benzene rings is 1. The summed E-state index contributed by atoms with van der Waals surface area (Å²) in [6.07, 6.45) is 2.77. The van der Waals surface area contributed by atoms with Gasteiger partial charge in [0.05, 0.1) is 23.4 Å². The van der Waals surface area contributed by atoms with E-state index in [0.717, 1.165) is 0 Å². The van der Waals surface area contributed by atoms with Crippen molar-refractivity contribution in [2.45, 2.75) is 84.6 Å². The number of fused-ring (bicyclic) bond motifs is 1. The fourth-order valence-electron chi connectivity index (χ4n) is 5.54. The molecule has 3 N–H and O–H groups in total. The number of rotatable bonds is 14. The summed E-state index contributed by atoms with van der Waals surface area (Å²) in [7, 11) is 1.55. The van der Waals surface area contributed by atoms with E-state index in [1.165, 1.54) is 55.1 Å². The fourth-order valence-corrected chi connectivity index (χ4v) is 7.54. The van der Waals surface area contributed by atoms with Gasteiger partial charge in [-0.05, 0) is 64.2 Å². The Morgan fingerprint density at radius 1 is 1.13 bits per heavy atom. The zero-order valence-electron chi connectivity index (χ0n) is 31.8. The molecule has 55 heavy (non-hydrogen) atoms. The number of carbonyl (C=O) groups excluding carboxylic acids is 5. The molecule has 18 heteroatoms. The van der Waals surface area contributed by atoms with Crippen molar-refractivity contribution in [1.82, 2.24) is 14.9 Å². The van der Waals surface area contributed by atoms with Crippen LogP contribution in [-0.4, -0.2) is 79.6 Å². The highest BCUT2D eigenvalue weighted by atomic mass is 32.2. The van der Waals surface area contributed by atoms with Crippen LogP contribution in [0.2, 0.25) is 0 Å². The Morgan fingerprint density at radius 3 is 2.45 bits per heavy atom. The number of nitrogens with two attached hydrogens (primary N) is 1. The maximum absolute atomic E-state index is 14.0. The lowest BCUT2D eigenvalue weighted by molar-refractivity contribution is -0.691. The average molecular weight is 795 g/mol. The summed E-state index contributed by atoms with van der Waals surface area (Å²) in [5, 5.41) is 8.48.